The molecule has 0 bridgehead atoms. The Morgan fingerprint density at radius 2 is 2.35 bits per heavy atom. The molecule has 2 fully saturated rings. The van der Waals surface area contributed by atoms with Crippen LogP contribution in [0.4, 0.5) is 0 Å². The average Bonchev–Trinajstić information content (AvgIpc) is 2.97. The molecule has 0 aromatic rings. The van der Waals surface area contributed by atoms with Gasteiger partial charge in [-0.3, -0.25) is 4.79 Å². The number of carbonyl (C=O) groups excluding carboxylic acids is 1. The second-order valence-corrected chi connectivity index (χ2v) is 5.31. The van der Waals surface area contributed by atoms with Gasteiger partial charge >= 0.3 is 0 Å². The largest absolute Gasteiger partial charge is 0.392 e. The quantitative estimate of drug-likeness (QED) is 0.595. The first-order chi connectivity index (χ1) is 8.15. The van der Waals surface area contributed by atoms with Crippen LogP contribution in [-0.2, 0) is 9.53 Å². The summed E-state index contributed by atoms with van der Waals surface area (Å²) in [6.07, 6.45) is 3.52. The summed E-state index contributed by atoms with van der Waals surface area (Å²) in [5, 5.41) is 15.4. The minimum atomic E-state index is -0.380. The van der Waals surface area contributed by atoms with Crippen LogP contribution in [-0.4, -0.2) is 50.0 Å². The highest BCUT2D eigenvalue weighted by Crippen LogP contribution is 2.48. The van der Waals surface area contributed by atoms with Crippen LogP contribution in [0.5, 0.6) is 0 Å². The fraction of sp³-hybridized carbons (Fsp3) is 0.917. The number of β-amino-alcohol motifs (C(OH)–C–C–N with tert-alkyl or cyclic N) is 1. The number of rotatable bonds is 6. The molecule has 0 aromatic heterocycles. The SMILES string of the molecule is COCCC1(CNC(=O)C2CC(O)CN2)CC1. The summed E-state index contributed by atoms with van der Waals surface area (Å²) in [5.41, 5.74) is 0.281. The lowest BCUT2D eigenvalue weighted by Crippen LogP contribution is -2.42. The van der Waals surface area contributed by atoms with Gasteiger partial charge in [0.15, 0.2) is 0 Å². The van der Waals surface area contributed by atoms with Gasteiger partial charge in [-0.25, -0.2) is 0 Å². The molecule has 0 spiro atoms. The summed E-state index contributed by atoms with van der Waals surface area (Å²) in [6, 6.07) is -0.219. The molecule has 2 rings (SSSR count). The molecule has 1 amide bonds. The summed E-state index contributed by atoms with van der Waals surface area (Å²) in [4.78, 5) is 11.8. The average molecular weight is 242 g/mol. The topological polar surface area (TPSA) is 70.6 Å². The monoisotopic (exact) mass is 242 g/mol. The number of aliphatic hydroxyl groups excluding tert-OH is 1. The number of ether oxygens (including phenoxy) is 1. The van der Waals surface area contributed by atoms with Gasteiger partial charge in [-0.15, -0.1) is 0 Å². The van der Waals surface area contributed by atoms with Gasteiger partial charge in [0.25, 0.3) is 0 Å². The Bertz CT molecular complexity index is 279. The molecule has 1 aliphatic heterocycles. The molecule has 1 aliphatic carbocycles. The number of aliphatic hydroxyl groups is 1. The van der Waals surface area contributed by atoms with Crippen LogP contribution >= 0.6 is 0 Å². The van der Waals surface area contributed by atoms with Crippen molar-refractivity contribution in [2.75, 3.05) is 26.8 Å². The first-order valence-electron chi connectivity index (χ1n) is 6.33. The fourth-order valence-electron chi connectivity index (χ4n) is 2.33. The van der Waals surface area contributed by atoms with Crippen LogP contribution in [0.15, 0.2) is 0 Å². The standard InChI is InChI=1S/C12H22N2O3/c1-17-5-4-12(2-3-12)8-14-11(16)10-6-9(15)7-13-10/h9-10,13,15H,2-8H2,1H3,(H,14,16). The highest BCUT2D eigenvalue weighted by atomic mass is 16.5. The third kappa shape index (κ3) is 3.40. The van der Waals surface area contributed by atoms with E-state index in [0.29, 0.717) is 13.0 Å². The Morgan fingerprint density at radius 1 is 1.59 bits per heavy atom. The van der Waals surface area contributed by atoms with Gasteiger partial charge in [0.1, 0.15) is 0 Å². The Morgan fingerprint density at radius 3 is 2.88 bits per heavy atom. The van der Waals surface area contributed by atoms with Crippen molar-refractivity contribution >= 4 is 5.91 Å². The Hall–Kier alpha value is -0.650. The molecule has 0 aromatic carbocycles. The maximum absolute atomic E-state index is 11.8. The zero-order chi connectivity index (χ0) is 12.3. The molecule has 0 radical (unpaired) electrons. The van der Waals surface area contributed by atoms with Crippen LogP contribution in [0, 0.1) is 5.41 Å². The van der Waals surface area contributed by atoms with E-state index in [1.165, 1.54) is 12.8 Å². The molecule has 2 atom stereocenters. The second-order valence-electron chi connectivity index (χ2n) is 5.31. The lowest BCUT2D eigenvalue weighted by atomic mass is 10.0. The van der Waals surface area contributed by atoms with E-state index in [1.54, 1.807) is 7.11 Å². The lowest BCUT2D eigenvalue weighted by Gasteiger charge is -2.17. The van der Waals surface area contributed by atoms with E-state index in [0.717, 1.165) is 19.6 Å². The van der Waals surface area contributed by atoms with Gasteiger partial charge in [0, 0.05) is 26.8 Å². The van der Waals surface area contributed by atoms with Crippen molar-refractivity contribution in [3.05, 3.63) is 0 Å². The van der Waals surface area contributed by atoms with Crippen molar-refractivity contribution in [3.8, 4) is 0 Å². The normalized spacial score (nSPS) is 30.2. The summed E-state index contributed by atoms with van der Waals surface area (Å²) in [6.45, 7) is 2.02. The number of amides is 1. The minimum Gasteiger partial charge on any atom is -0.392 e. The number of carbonyl (C=O) groups is 1. The third-order valence-electron chi connectivity index (χ3n) is 3.86. The maximum Gasteiger partial charge on any atom is 0.237 e. The number of hydrogen-bond acceptors (Lipinski definition) is 4. The smallest absolute Gasteiger partial charge is 0.237 e. The van der Waals surface area contributed by atoms with E-state index in [2.05, 4.69) is 10.6 Å². The molecule has 1 heterocycles. The maximum atomic E-state index is 11.8. The molecule has 17 heavy (non-hydrogen) atoms. The first-order valence-corrected chi connectivity index (χ1v) is 6.33. The van der Waals surface area contributed by atoms with E-state index in [-0.39, 0.29) is 23.5 Å². The van der Waals surface area contributed by atoms with Gasteiger partial charge in [0.2, 0.25) is 5.91 Å². The van der Waals surface area contributed by atoms with Gasteiger partial charge in [-0.05, 0) is 31.1 Å². The van der Waals surface area contributed by atoms with Crippen molar-refractivity contribution in [1.82, 2.24) is 10.6 Å². The van der Waals surface area contributed by atoms with E-state index in [4.69, 9.17) is 4.74 Å². The first kappa shape index (κ1) is 12.8. The van der Waals surface area contributed by atoms with Gasteiger partial charge in [-0.1, -0.05) is 0 Å². The zero-order valence-corrected chi connectivity index (χ0v) is 10.4. The van der Waals surface area contributed by atoms with Gasteiger partial charge in [0.05, 0.1) is 12.1 Å². The van der Waals surface area contributed by atoms with Crippen LogP contribution in [0.1, 0.15) is 25.7 Å². The Kier molecular flexibility index (Phi) is 4.01. The highest BCUT2D eigenvalue weighted by molar-refractivity contribution is 5.82. The van der Waals surface area contributed by atoms with E-state index < -0.39 is 0 Å². The third-order valence-corrected chi connectivity index (χ3v) is 3.86. The van der Waals surface area contributed by atoms with Gasteiger partial charge in [-0.2, -0.15) is 0 Å². The van der Waals surface area contributed by atoms with Crippen molar-refractivity contribution in [1.29, 1.82) is 0 Å². The van der Waals surface area contributed by atoms with Crippen LogP contribution in [0.25, 0.3) is 0 Å². The van der Waals surface area contributed by atoms with Crippen LogP contribution in [0.2, 0.25) is 0 Å². The molecule has 1 saturated carbocycles. The predicted molar refractivity (Wildman–Crippen MR) is 63.6 cm³/mol. The van der Waals surface area contributed by atoms with Crippen molar-refractivity contribution in [2.45, 2.75) is 37.8 Å². The summed E-state index contributed by atoms with van der Waals surface area (Å²) in [7, 11) is 1.71. The van der Waals surface area contributed by atoms with E-state index in [9.17, 15) is 9.90 Å². The fourth-order valence-corrected chi connectivity index (χ4v) is 2.33. The Labute approximate surface area is 102 Å². The molecule has 98 valence electrons. The molecule has 1 saturated heterocycles. The van der Waals surface area contributed by atoms with E-state index in [1.807, 2.05) is 0 Å². The molecule has 5 heteroatoms. The Balaban J connectivity index is 1.69. The molecular formula is C12H22N2O3. The van der Waals surface area contributed by atoms with Gasteiger partial charge < -0.3 is 20.5 Å². The molecule has 2 unspecified atom stereocenters. The summed E-state index contributed by atoms with van der Waals surface area (Å²) < 4.78 is 5.08. The molecule has 3 N–H and O–H groups in total. The minimum absolute atomic E-state index is 0.0187. The second kappa shape index (κ2) is 5.33. The van der Waals surface area contributed by atoms with E-state index >= 15 is 0 Å². The van der Waals surface area contributed by atoms with Crippen molar-refractivity contribution in [2.24, 2.45) is 5.41 Å². The summed E-state index contributed by atoms with van der Waals surface area (Å²) >= 11 is 0. The molecule has 5 nitrogen and oxygen atoms in total. The zero-order valence-electron chi connectivity index (χ0n) is 10.4. The number of hydrogen-bond donors (Lipinski definition) is 3. The number of nitrogens with one attached hydrogen (secondary N) is 2. The van der Waals surface area contributed by atoms with Crippen molar-refractivity contribution < 1.29 is 14.6 Å². The summed E-state index contributed by atoms with van der Waals surface area (Å²) in [5.74, 6) is 0.0187. The number of methoxy groups -OCH3 is 1. The van der Waals surface area contributed by atoms with Crippen molar-refractivity contribution in [3.63, 3.8) is 0 Å². The highest BCUT2D eigenvalue weighted by Gasteiger charge is 2.42. The van der Waals surface area contributed by atoms with Crippen LogP contribution in [0.3, 0.4) is 0 Å². The lowest BCUT2D eigenvalue weighted by molar-refractivity contribution is -0.123. The molecule has 2 aliphatic rings. The predicted octanol–water partition coefficient (Wildman–Crippen LogP) is -0.358. The van der Waals surface area contributed by atoms with Crippen LogP contribution < -0.4 is 10.6 Å². The molecular weight excluding hydrogens is 220 g/mol.